The van der Waals surface area contributed by atoms with Gasteiger partial charge in [-0.15, -0.1) is 0 Å². The number of hydrogen-bond donors (Lipinski definition) is 0. The summed E-state index contributed by atoms with van der Waals surface area (Å²) in [5.74, 6) is 0.891. The topological polar surface area (TPSA) is 66.9 Å². The Morgan fingerprint density at radius 1 is 0.967 bits per heavy atom. The minimum Gasteiger partial charge on any atom is -0.493 e. The first-order valence-electron chi connectivity index (χ1n) is 10.3. The molecule has 1 aliphatic rings. The Morgan fingerprint density at radius 3 is 2.33 bits per heavy atom. The van der Waals surface area contributed by atoms with Crippen LogP contribution < -0.4 is 4.74 Å². The summed E-state index contributed by atoms with van der Waals surface area (Å²) in [6, 6.07) is 13.2. The number of carbonyl (C=O) groups excluding carboxylic acids is 1. The Bertz CT molecular complexity index is 996. The Hall–Kier alpha value is -2.38. The number of piperazine rings is 1. The molecule has 0 aliphatic carbocycles. The molecule has 162 valence electrons. The van der Waals surface area contributed by atoms with E-state index in [1.165, 1.54) is 4.31 Å². The van der Waals surface area contributed by atoms with Crippen LogP contribution in [0, 0.1) is 20.8 Å². The van der Waals surface area contributed by atoms with E-state index in [-0.39, 0.29) is 5.91 Å². The molecule has 1 amide bonds. The average molecular weight is 431 g/mol. The molecule has 3 rings (SSSR count). The first-order chi connectivity index (χ1) is 14.3. The van der Waals surface area contributed by atoms with Gasteiger partial charge in [0.05, 0.1) is 11.5 Å². The van der Waals surface area contributed by atoms with E-state index in [1.54, 1.807) is 11.0 Å². The van der Waals surface area contributed by atoms with E-state index < -0.39 is 10.0 Å². The lowest BCUT2D eigenvalue weighted by molar-refractivity contribution is -0.132. The largest absolute Gasteiger partial charge is 0.493 e. The van der Waals surface area contributed by atoms with Crippen LogP contribution in [0.4, 0.5) is 0 Å². The van der Waals surface area contributed by atoms with Crippen molar-refractivity contribution in [2.75, 3.05) is 32.8 Å². The number of benzene rings is 2. The standard InChI is InChI=1S/C23H30N2O4S/c1-18-10-11-22(20(3)17-18)30(27,28)25-14-12-24(13-15-25)23(26)9-6-16-29-21-8-5-4-7-19(21)2/h4-5,7-8,10-11,17H,6,9,12-16H2,1-3H3. The predicted octanol–water partition coefficient (Wildman–Crippen LogP) is 3.30. The van der Waals surface area contributed by atoms with Crippen LogP contribution in [0.5, 0.6) is 5.75 Å². The fourth-order valence-electron chi connectivity index (χ4n) is 3.69. The molecule has 1 heterocycles. The van der Waals surface area contributed by atoms with Crippen molar-refractivity contribution < 1.29 is 17.9 Å². The molecule has 0 N–H and O–H groups in total. The highest BCUT2D eigenvalue weighted by Gasteiger charge is 2.30. The van der Waals surface area contributed by atoms with Crippen LogP contribution in [0.15, 0.2) is 47.4 Å². The van der Waals surface area contributed by atoms with Crippen molar-refractivity contribution in [2.24, 2.45) is 0 Å². The minimum atomic E-state index is -3.54. The van der Waals surface area contributed by atoms with Gasteiger partial charge in [0.1, 0.15) is 5.75 Å². The summed E-state index contributed by atoms with van der Waals surface area (Å²) in [6.45, 7) is 7.72. The van der Waals surface area contributed by atoms with Gasteiger partial charge in [0.15, 0.2) is 0 Å². The Kier molecular flexibility index (Phi) is 7.15. The number of aryl methyl sites for hydroxylation is 3. The highest BCUT2D eigenvalue weighted by Crippen LogP contribution is 2.22. The minimum absolute atomic E-state index is 0.0481. The molecule has 0 aromatic heterocycles. The summed E-state index contributed by atoms with van der Waals surface area (Å²) in [5.41, 5.74) is 2.86. The van der Waals surface area contributed by atoms with Crippen LogP contribution in [0.3, 0.4) is 0 Å². The number of amides is 1. The van der Waals surface area contributed by atoms with E-state index in [0.717, 1.165) is 22.4 Å². The second kappa shape index (κ2) is 9.62. The fourth-order valence-corrected chi connectivity index (χ4v) is 5.32. The van der Waals surface area contributed by atoms with Gasteiger partial charge in [-0.2, -0.15) is 4.31 Å². The van der Waals surface area contributed by atoms with E-state index in [0.29, 0.717) is 50.5 Å². The van der Waals surface area contributed by atoms with Crippen LogP contribution in [0.2, 0.25) is 0 Å². The first-order valence-corrected chi connectivity index (χ1v) is 11.8. The molecule has 0 atom stereocenters. The summed E-state index contributed by atoms with van der Waals surface area (Å²) in [4.78, 5) is 14.6. The van der Waals surface area contributed by atoms with Crippen molar-refractivity contribution in [3.8, 4) is 5.75 Å². The van der Waals surface area contributed by atoms with Crippen molar-refractivity contribution in [3.63, 3.8) is 0 Å². The maximum atomic E-state index is 13.0. The Labute approximate surface area is 179 Å². The van der Waals surface area contributed by atoms with Crippen molar-refractivity contribution in [1.29, 1.82) is 0 Å². The van der Waals surface area contributed by atoms with Gasteiger partial charge in [0.2, 0.25) is 15.9 Å². The lowest BCUT2D eigenvalue weighted by Crippen LogP contribution is -2.50. The third-order valence-corrected chi connectivity index (χ3v) is 7.48. The third kappa shape index (κ3) is 5.21. The summed E-state index contributed by atoms with van der Waals surface area (Å²) in [5, 5.41) is 0. The maximum Gasteiger partial charge on any atom is 0.243 e. The predicted molar refractivity (Wildman–Crippen MR) is 117 cm³/mol. The number of carbonyl (C=O) groups is 1. The smallest absolute Gasteiger partial charge is 0.243 e. The molecule has 0 spiro atoms. The molecule has 30 heavy (non-hydrogen) atoms. The molecule has 6 nitrogen and oxygen atoms in total. The molecular weight excluding hydrogens is 400 g/mol. The molecule has 0 bridgehead atoms. The fraction of sp³-hybridized carbons (Fsp3) is 0.435. The molecule has 1 saturated heterocycles. The molecule has 2 aromatic carbocycles. The van der Waals surface area contributed by atoms with Crippen molar-refractivity contribution in [2.45, 2.75) is 38.5 Å². The Morgan fingerprint density at radius 2 is 1.67 bits per heavy atom. The number of rotatable bonds is 7. The van der Waals surface area contributed by atoms with Crippen LogP contribution in [-0.2, 0) is 14.8 Å². The number of para-hydroxylation sites is 1. The summed E-state index contributed by atoms with van der Waals surface area (Å²) in [7, 11) is -3.54. The molecule has 0 saturated carbocycles. The molecule has 0 unspecified atom stereocenters. The normalized spacial score (nSPS) is 15.2. The lowest BCUT2D eigenvalue weighted by atomic mass is 10.2. The van der Waals surface area contributed by atoms with Crippen LogP contribution in [0.25, 0.3) is 0 Å². The highest BCUT2D eigenvalue weighted by molar-refractivity contribution is 7.89. The van der Waals surface area contributed by atoms with Crippen molar-refractivity contribution in [3.05, 3.63) is 59.2 Å². The lowest BCUT2D eigenvalue weighted by Gasteiger charge is -2.34. The molecule has 0 radical (unpaired) electrons. The van der Waals surface area contributed by atoms with Gasteiger partial charge in [-0.05, 0) is 50.5 Å². The quantitative estimate of drug-likeness (QED) is 0.632. The third-order valence-electron chi connectivity index (χ3n) is 5.43. The van der Waals surface area contributed by atoms with Crippen LogP contribution in [-0.4, -0.2) is 56.3 Å². The molecular formula is C23H30N2O4S. The van der Waals surface area contributed by atoms with Gasteiger partial charge >= 0.3 is 0 Å². The van der Waals surface area contributed by atoms with Gasteiger partial charge in [-0.25, -0.2) is 8.42 Å². The highest BCUT2D eigenvalue weighted by atomic mass is 32.2. The van der Waals surface area contributed by atoms with Crippen LogP contribution >= 0.6 is 0 Å². The maximum absolute atomic E-state index is 13.0. The first kappa shape index (κ1) is 22.3. The molecule has 1 aliphatic heterocycles. The second-order valence-corrected chi connectivity index (χ2v) is 9.68. The average Bonchev–Trinajstić information content (AvgIpc) is 2.72. The Balaban J connectivity index is 1.47. The number of ether oxygens (including phenoxy) is 1. The molecule has 7 heteroatoms. The van der Waals surface area contributed by atoms with Gasteiger partial charge in [-0.1, -0.05) is 35.9 Å². The van der Waals surface area contributed by atoms with E-state index in [4.69, 9.17) is 4.74 Å². The second-order valence-electron chi connectivity index (χ2n) is 7.77. The van der Waals surface area contributed by atoms with Gasteiger partial charge in [-0.3, -0.25) is 4.79 Å². The zero-order valence-electron chi connectivity index (χ0n) is 17.9. The number of hydrogen-bond acceptors (Lipinski definition) is 4. The van der Waals surface area contributed by atoms with E-state index in [2.05, 4.69) is 0 Å². The SMILES string of the molecule is Cc1ccc(S(=O)(=O)N2CCN(C(=O)CCCOc3ccccc3C)CC2)c(C)c1. The van der Waals surface area contributed by atoms with E-state index in [9.17, 15) is 13.2 Å². The van der Waals surface area contributed by atoms with Gasteiger partial charge in [0, 0.05) is 32.6 Å². The van der Waals surface area contributed by atoms with Crippen molar-refractivity contribution >= 4 is 15.9 Å². The zero-order chi connectivity index (χ0) is 21.7. The number of sulfonamides is 1. The molecule has 1 fully saturated rings. The summed E-state index contributed by atoms with van der Waals surface area (Å²) in [6.07, 6.45) is 1.03. The summed E-state index contributed by atoms with van der Waals surface area (Å²) < 4.78 is 33.2. The van der Waals surface area contributed by atoms with Crippen molar-refractivity contribution in [1.82, 2.24) is 9.21 Å². The number of nitrogens with zero attached hydrogens (tertiary/aromatic N) is 2. The molecule has 2 aromatic rings. The van der Waals surface area contributed by atoms with Gasteiger partial charge < -0.3 is 9.64 Å². The monoisotopic (exact) mass is 430 g/mol. The van der Waals surface area contributed by atoms with E-state index in [1.807, 2.05) is 57.2 Å². The zero-order valence-corrected chi connectivity index (χ0v) is 18.7. The van der Waals surface area contributed by atoms with E-state index >= 15 is 0 Å². The van der Waals surface area contributed by atoms with Crippen LogP contribution in [0.1, 0.15) is 29.5 Å². The summed E-state index contributed by atoms with van der Waals surface area (Å²) >= 11 is 0. The van der Waals surface area contributed by atoms with Gasteiger partial charge in [0.25, 0.3) is 0 Å².